The summed E-state index contributed by atoms with van der Waals surface area (Å²) >= 11 is 0. The van der Waals surface area contributed by atoms with Crippen LogP contribution in [0.3, 0.4) is 0 Å². The van der Waals surface area contributed by atoms with E-state index >= 15 is 0 Å². The Balaban J connectivity index is 5.22. The van der Waals surface area contributed by atoms with E-state index in [1.165, 1.54) is 161 Å². The van der Waals surface area contributed by atoms with Crippen molar-refractivity contribution in [2.45, 2.75) is 368 Å². The number of rotatable bonds is 68. The first kappa shape index (κ1) is 86.1. The molecule has 0 amide bonds. The van der Waals surface area contributed by atoms with Crippen LogP contribution in [0.5, 0.6) is 0 Å². The number of hydrogen-bond donors (Lipinski definition) is 3. The maximum absolute atomic E-state index is 13.0. The molecule has 0 spiro atoms. The van der Waals surface area contributed by atoms with Gasteiger partial charge in [0.2, 0.25) is 0 Å². The smallest absolute Gasteiger partial charge is 0.462 e. The minimum absolute atomic E-state index is 0.103. The Kier molecular flexibility index (Phi) is 59.9. The van der Waals surface area contributed by atoms with Crippen molar-refractivity contribution in [2.24, 2.45) is 11.8 Å². The quantitative estimate of drug-likeness (QED) is 0.0222. The summed E-state index contributed by atoms with van der Waals surface area (Å²) in [6.07, 6.45) is 46.0. The lowest BCUT2D eigenvalue weighted by atomic mass is 10.0. The standard InChI is InChI=1S/C69H134O17P2/c1-7-9-11-13-15-17-19-20-21-22-23-24-26-28-34-41-47-53-68(73)85-64(57-79-66(71)51-45-39-33-27-25-18-16-14-12-10-8-2)59-83-87(75,76)81-55-63(70)56-82-88(77,78)84-60-65(86-69(74)54-48-42-36-30-32-38-44-50-62(5)6)58-80-67(72)52-46-40-35-29-31-37-43-49-61(3)4/h61-65,70H,7-60H2,1-6H3,(H,75,76)(H,77,78)/t63-,64-,65-/m1/s1. The Morgan fingerprint density at radius 1 is 0.307 bits per heavy atom. The van der Waals surface area contributed by atoms with Gasteiger partial charge in [-0.15, -0.1) is 0 Å². The van der Waals surface area contributed by atoms with Gasteiger partial charge in [0.25, 0.3) is 0 Å². The predicted molar refractivity (Wildman–Crippen MR) is 354 cm³/mol. The van der Waals surface area contributed by atoms with E-state index in [9.17, 15) is 43.2 Å². The fourth-order valence-electron chi connectivity index (χ4n) is 10.4. The van der Waals surface area contributed by atoms with E-state index in [1.54, 1.807) is 0 Å². The highest BCUT2D eigenvalue weighted by atomic mass is 31.2. The highest BCUT2D eigenvalue weighted by Gasteiger charge is 2.30. The van der Waals surface area contributed by atoms with Gasteiger partial charge in [0, 0.05) is 25.7 Å². The zero-order chi connectivity index (χ0) is 65.0. The second-order valence-corrected chi connectivity index (χ2v) is 28.8. The summed E-state index contributed by atoms with van der Waals surface area (Å²) in [5, 5.41) is 10.6. The van der Waals surface area contributed by atoms with E-state index in [1.807, 2.05) is 0 Å². The molecule has 0 heterocycles. The number of esters is 4. The SMILES string of the molecule is CCCCCCCCCCCCCCCCCCCC(=O)O[C@H](COC(=O)CCCCCCCCCCCCC)COP(=O)(O)OC[C@@H](O)COP(=O)(O)OC[C@@H](COC(=O)CCCCCCCCCC(C)C)OC(=O)CCCCCCCCCC(C)C. The third kappa shape index (κ3) is 62.8. The van der Waals surface area contributed by atoms with Crippen molar-refractivity contribution in [1.29, 1.82) is 0 Å². The first-order chi connectivity index (χ1) is 42.4. The summed E-state index contributed by atoms with van der Waals surface area (Å²) in [6.45, 7) is 9.42. The molecule has 0 aromatic heterocycles. The number of hydrogen-bond acceptors (Lipinski definition) is 15. The van der Waals surface area contributed by atoms with Gasteiger partial charge in [-0.1, -0.05) is 298 Å². The molecule has 0 bridgehead atoms. The summed E-state index contributed by atoms with van der Waals surface area (Å²) in [4.78, 5) is 72.4. The average Bonchev–Trinajstić information content (AvgIpc) is 3.62. The lowest BCUT2D eigenvalue weighted by Crippen LogP contribution is -2.30. The molecule has 0 aliphatic carbocycles. The van der Waals surface area contributed by atoms with Gasteiger partial charge in [0.05, 0.1) is 26.4 Å². The summed E-state index contributed by atoms with van der Waals surface area (Å²) in [7, 11) is -9.90. The number of carbonyl (C=O) groups excluding carboxylic acids is 4. The molecular formula is C69H134O17P2. The zero-order valence-electron chi connectivity index (χ0n) is 57.0. The maximum atomic E-state index is 13.0. The van der Waals surface area contributed by atoms with Crippen molar-refractivity contribution in [3.8, 4) is 0 Å². The Labute approximate surface area is 537 Å². The predicted octanol–water partition coefficient (Wildman–Crippen LogP) is 19.6. The van der Waals surface area contributed by atoms with Crippen LogP contribution < -0.4 is 0 Å². The Bertz CT molecular complexity index is 1720. The van der Waals surface area contributed by atoms with Crippen molar-refractivity contribution in [3.63, 3.8) is 0 Å². The fourth-order valence-corrected chi connectivity index (χ4v) is 12.0. The zero-order valence-corrected chi connectivity index (χ0v) is 58.8. The monoisotopic (exact) mass is 1300 g/mol. The molecule has 0 rings (SSSR count). The van der Waals surface area contributed by atoms with Crippen molar-refractivity contribution in [2.75, 3.05) is 39.6 Å². The van der Waals surface area contributed by atoms with Crippen LogP contribution in [0.25, 0.3) is 0 Å². The molecule has 0 radical (unpaired) electrons. The highest BCUT2D eigenvalue weighted by Crippen LogP contribution is 2.45. The van der Waals surface area contributed by atoms with E-state index in [4.69, 9.17) is 37.0 Å². The van der Waals surface area contributed by atoms with Crippen LogP contribution in [-0.4, -0.2) is 96.7 Å². The maximum Gasteiger partial charge on any atom is 0.472 e. The van der Waals surface area contributed by atoms with Crippen LogP contribution in [0.2, 0.25) is 0 Å². The summed E-state index contributed by atoms with van der Waals surface area (Å²) in [6, 6.07) is 0. The molecule has 0 aliphatic heterocycles. The van der Waals surface area contributed by atoms with Crippen LogP contribution in [0, 0.1) is 11.8 Å². The van der Waals surface area contributed by atoms with Gasteiger partial charge in [-0.25, -0.2) is 9.13 Å². The summed E-state index contributed by atoms with van der Waals surface area (Å²) in [5.41, 5.74) is 0. The van der Waals surface area contributed by atoms with Gasteiger partial charge < -0.3 is 33.8 Å². The highest BCUT2D eigenvalue weighted by molar-refractivity contribution is 7.47. The topological polar surface area (TPSA) is 237 Å². The van der Waals surface area contributed by atoms with Gasteiger partial charge in [0.15, 0.2) is 12.2 Å². The fraction of sp³-hybridized carbons (Fsp3) is 0.942. The largest absolute Gasteiger partial charge is 0.472 e. The van der Waals surface area contributed by atoms with E-state index < -0.39 is 97.5 Å². The van der Waals surface area contributed by atoms with E-state index in [0.717, 1.165) is 96.3 Å². The third-order valence-electron chi connectivity index (χ3n) is 16.0. The molecular weight excluding hydrogens is 1160 g/mol. The number of carbonyl (C=O) groups is 4. The number of aliphatic hydroxyl groups excluding tert-OH is 1. The lowest BCUT2D eigenvalue weighted by Gasteiger charge is -2.21. The molecule has 0 aromatic rings. The van der Waals surface area contributed by atoms with Crippen LogP contribution in [0.4, 0.5) is 0 Å². The molecule has 88 heavy (non-hydrogen) atoms. The first-order valence-electron chi connectivity index (χ1n) is 36.0. The molecule has 0 saturated heterocycles. The lowest BCUT2D eigenvalue weighted by molar-refractivity contribution is -0.161. The van der Waals surface area contributed by atoms with Crippen LogP contribution in [-0.2, 0) is 65.4 Å². The van der Waals surface area contributed by atoms with Crippen LogP contribution in [0.1, 0.15) is 350 Å². The molecule has 5 atom stereocenters. The molecule has 522 valence electrons. The minimum atomic E-state index is -4.95. The van der Waals surface area contributed by atoms with E-state index in [0.29, 0.717) is 37.5 Å². The van der Waals surface area contributed by atoms with Crippen molar-refractivity contribution in [3.05, 3.63) is 0 Å². The Morgan fingerprint density at radius 2 is 0.523 bits per heavy atom. The minimum Gasteiger partial charge on any atom is -0.462 e. The summed E-state index contributed by atoms with van der Waals surface area (Å²) in [5.74, 6) is -0.727. The Hall–Kier alpha value is -1.94. The molecule has 2 unspecified atom stereocenters. The molecule has 0 fully saturated rings. The van der Waals surface area contributed by atoms with Crippen LogP contribution >= 0.6 is 15.6 Å². The van der Waals surface area contributed by atoms with Gasteiger partial charge >= 0.3 is 39.5 Å². The number of phosphoric ester groups is 2. The van der Waals surface area contributed by atoms with Gasteiger partial charge in [-0.05, 0) is 37.5 Å². The van der Waals surface area contributed by atoms with E-state index in [-0.39, 0.29) is 25.7 Å². The molecule has 3 N–H and O–H groups in total. The average molecular weight is 1300 g/mol. The molecule has 19 heteroatoms. The van der Waals surface area contributed by atoms with Crippen molar-refractivity contribution < 1.29 is 80.2 Å². The number of aliphatic hydroxyl groups is 1. The molecule has 0 aliphatic rings. The Morgan fingerprint density at radius 3 is 0.773 bits per heavy atom. The second-order valence-electron chi connectivity index (χ2n) is 25.9. The second kappa shape index (κ2) is 61.3. The van der Waals surface area contributed by atoms with Crippen molar-refractivity contribution >= 4 is 39.5 Å². The summed E-state index contributed by atoms with van der Waals surface area (Å²) < 4.78 is 68.2. The third-order valence-corrected chi connectivity index (χ3v) is 17.9. The van der Waals surface area contributed by atoms with Crippen LogP contribution in [0.15, 0.2) is 0 Å². The van der Waals surface area contributed by atoms with Crippen molar-refractivity contribution in [1.82, 2.24) is 0 Å². The van der Waals surface area contributed by atoms with E-state index in [2.05, 4.69) is 41.5 Å². The number of phosphoric acid groups is 2. The first-order valence-corrected chi connectivity index (χ1v) is 39.0. The number of unbranched alkanes of at least 4 members (excludes halogenated alkanes) is 38. The molecule has 17 nitrogen and oxygen atoms in total. The normalized spacial score (nSPS) is 14.2. The molecule has 0 saturated carbocycles. The van der Waals surface area contributed by atoms with Gasteiger partial charge in [-0.2, -0.15) is 0 Å². The van der Waals surface area contributed by atoms with Gasteiger partial charge in [-0.3, -0.25) is 37.3 Å². The van der Waals surface area contributed by atoms with Gasteiger partial charge in [0.1, 0.15) is 19.3 Å². The molecule has 0 aromatic carbocycles. The number of ether oxygens (including phenoxy) is 4.